The Morgan fingerprint density at radius 2 is 1.62 bits per heavy atom. The maximum absolute atomic E-state index is 13.5. The average Bonchev–Trinajstić information content (AvgIpc) is 2.57. The Balaban J connectivity index is 2.30. The lowest BCUT2D eigenvalue weighted by Gasteiger charge is -2.22. The van der Waals surface area contributed by atoms with Crippen LogP contribution in [0.5, 0.6) is 0 Å². The molecule has 2 aromatic rings. The Morgan fingerprint density at radius 1 is 1.04 bits per heavy atom. The summed E-state index contributed by atoms with van der Waals surface area (Å²) in [6.07, 6.45) is 1.93. The Hall–Kier alpha value is -2.49. The standard InChI is InChI=1S/C20H22F2N2/c1-4-5-12-24(16(3)18-9-7-11-20(22)14-18)23-15(2)17-8-6-10-19(21)13-17/h6-11,13-14H,3-5,12H2,1-2H3/b23-15+. The average molecular weight is 328 g/mol. The van der Waals surface area contributed by atoms with Crippen LogP contribution in [0.1, 0.15) is 37.8 Å². The molecule has 2 nitrogen and oxygen atoms in total. The molecule has 2 aromatic carbocycles. The number of unbranched alkanes of at least 4 members (excludes halogenated alkanes) is 1. The Morgan fingerprint density at radius 3 is 2.21 bits per heavy atom. The van der Waals surface area contributed by atoms with Gasteiger partial charge in [0.25, 0.3) is 0 Å². The smallest absolute Gasteiger partial charge is 0.123 e. The first-order chi connectivity index (χ1) is 11.5. The van der Waals surface area contributed by atoms with Gasteiger partial charge in [0.1, 0.15) is 11.6 Å². The summed E-state index contributed by atoms with van der Waals surface area (Å²) in [5, 5.41) is 6.36. The quantitative estimate of drug-likeness (QED) is 0.486. The lowest BCUT2D eigenvalue weighted by molar-refractivity contribution is 0.410. The Bertz CT molecular complexity index is 738. The molecule has 0 saturated carbocycles. The molecule has 0 aliphatic carbocycles. The van der Waals surface area contributed by atoms with E-state index in [2.05, 4.69) is 18.6 Å². The van der Waals surface area contributed by atoms with E-state index in [4.69, 9.17) is 0 Å². The molecule has 0 N–H and O–H groups in total. The van der Waals surface area contributed by atoms with Gasteiger partial charge in [-0.15, -0.1) is 0 Å². The van der Waals surface area contributed by atoms with E-state index in [0.717, 1.165) is 12.8 Å². The molecular weight excluding hydrogens is 306 g/mol. The number of hydrogen-bond donors (Lipinski definition) is 0. The predicted molar refractivity (Wildman–Crippen MR) is 95.7 cm³/mol. The van der Waals surface area contributed by atoms with Crippen molar-refractivity contribution in [3.05, 3.63) is 77.9 Å². The monoisotopic (exact) mass is 328 g/mol. The minimum absolute atomic E-state index is 0.300. The van der Waals surface area contributed by atoms with E-state index >= 15 is 0 Å². The molecule has 0 fully saturated rings. The van der Waals surface area contributed by atoms with Crippen LogP contribution in [0, 0.1) is 11.6 Å². The van der Waals surface area contributed by atoms with Crippen LogP contribution in [-0.4, -0.2) is 17.3 Å². The van der Waals surface area contributed by atoms with Crippen LogP contribution in [0.3, 0.4) is 0 Å². The van der Waals surface area contributed by atoms with Gasteiger partial charge in [0.05, 0.1) is 11.4 Å². The second kappa shape index (κ2) is 8.39. The number of hydrogen-bond acceptors (Lipinski definition) is 2. The highest BCUT2D eigenvalue weighted by atomic mass is 19.1. The summed E-state index contributed by atoms with van der Waals surface area (Å²) in [6.45, 7) is 8.64. The fourth-order valence-corrected chi connectivity index (χ4v) is 2.32. The third kappa shape index (κ3) is 4.75. The van der Waals surface area contributed by atoms with Crippen molar-refractivity contribution in [2.24, 2.45) is 5.10 Å². The first-order valence-corrected chi connectivity index (χ1v) is 8.04. The van der Waals surface area contributed by atoms with Gasteiger partial charge in [-0.05, 0) is 37.6 Å². The molecule has 0 spiro atoms. The van der Waals surface area contributed by atoms with E-state index in [1.807, 2.05) is 13.0 Å². The van der Waals surface area contributed by atoms with E-state index in [0.29, 0.717) is 29.1 Å². The van der Waals surface area contributed by atoms with Crippen LogP contribution < -0.4 is 0 Å². The molecule has 24 heavy (non-hydrogen) atoms. The molecule has 4 heteroatoms. The van der Waals surface area contributed by atoms with Crippen molar-refractivity contribution in [2.45, 2.75) is 26.7 Å². The molecule has 2 rings (SSSR count). The summed E-state index contributed by atoms with van der Waals surface area (Å²) < 4.78 is 26.9. The molecule has 0 bridgehead atoms. The van der Waals surface area contributed by atoms with E-state index in [1.165, 1.54) is 24.3 Å². The van der Waals surface area contributed by atoms with Gasteiger partial charge in [0.2, 0.25) is 0 Å². The SMILES string of the molecule is C=C(c1cccc(F)c1)N(CCCC)/N=C(\C)c1cccc(F)c1. The van der Waals surface area contributed by atoms with E-state index < -0.39 is 0 Å². The zero-order valence-corrected chi connectivity index (χ0v) is 14.1. The molecule has 0 saturated heterocycles. The number of hydrazone groups is 1. The van der Waals surface area contributed by atoms with Crippen molar-refractivity contribution in [2.75, 3.05) is 6.54 Å². The fraction of sp³-hybridized carbons (Fsp3) is 0.250. The highest BCUT2D eigenvalue weighted by Gasteiger charge is 2.11. The summed E-state index contributed by atoms with van der Waals surface area (Å²) in [6, 6.07) is 12.6. The molecule has 0 aliphatic heterocycles. The number of rotatable bonds is 7. The van der Waals surface area contributed by atoms with Crippen molar-refractivity contribution in [1.29, 1.82) is 0 Å². The van der Waals surface area contributed by atoms with Crippen LogP contribution in [0.15, 0.2) is 60.2 Å². The molecular formula is C20H22F2N2. The van der Waals surface area contributed by atoms with Crippen molar-refractivity contribution >= 4 is 11.4 Å². The van der Waals surface area contributed by atoms with E-state index in [-0.39, 0.29) is 11.6 Å². The maximum Gasteiger partial charge on any atom is 0.123 e. The predicted octanol–water partition coefficient (Wildman–Crippen LogP) is 5.46. The van der Waals surface area contributed by atoms with E-state index in [1.54, 1.807) is 23.2 Å². The summed E-state index contributed by atoms with van der Waals surface area (Å²) >= 11 is 0. The molecule has 0 aliphatic rings. The molecule has 126 valence electrons. The molecule has 0 aromatic heterocycles. The second-order valence-electron chi connectivity index (χ2n) is 5.63. The molecule has 0 unspecified atom stereocenters. The van der Waals surface area contributed by atoms with Gasteiger partial charge in [-0.25, -0.2) is 8.78 Å². The van der Waals surface area contributed by atoms with Crippen molar-refractivity contribution in [3.63, 3.8) is 0 Å². The van der Waals surface area contributed by atoms with Gasteiger partial charge in [-0.2, -0.15) is 5.10 Å². The highest BCUT2D eigenvalue weighted by Crippen LogP contribution is 2.20. The molecule has 0 atom stereocenters. The fourth-order valence-electron chi connectivity index (χ4n) is 2.32. The van der Waals surface area contributed by atoms with Crippen LogP contribution in [0.2, 0.25) is 0 Å². The van der Waals surface area contributed by atoms with Crippen LogP contribution in [0.4, 0.5) is 8.78 Å². The van der Waals surface area contributed by atoms with Gasteiger partial charge < -0.3 is 0 Å². The van der Waals surface area contributed by atoms with Crippen LogP contribution >= 0.6 is 0 Å². The molecule has 0 heterocycles. The van der Waals surface area contributed by atoms with Gasteiger partial charge in [0, 0.05) is 17.7 Å². The normalized spacial score (nSPS) is 11.4. The minimum Gasteiger partial charge on any atom is -0.265 e. The first kappa shape index (κ1) is 17.9. The third-order valence-corrected chi connectivity index (χ3v) is 3.71. The Kier molecular flexibility index (Phi) is 6.24. The maximum atomic E-state index is 13.5. The van der Waals surface area contributed by atoms with Crippen molar-refractivity contribution in [1.82, 2.24) is 5.01 Å². The van der Waals surface area contributed by atoms with Gasteiger partial charge in [-0.1, -0.05) is 44.2 Å². The van der Waals surface area contributed by atoms with Gasteiger partial charge in [-0.3, -0.25) is 5.01 Å². The summed E-state index contributed by atoms with van der Waals surface area (Å²) in [5.41, 5.74) is 2.70. The number of benzene rings is 2. The van der Waals surface area contributed by atoms with Crippen molar-refractivity contribution in [3.8, 4) is 0 Å². The van der Waals surface area contributed by atoms with Gasteiger partial charge >= 0.3 is 0 Å². The number of nitrogens with zero attached hydrogens (tertiary/aromatic N) is 2. The largest absolute Gasteiger partial charge is 0.265 e. The first-order valence-electron chi connectivity index (χ1n) is 8.04. The van der Waals surface area contributed by atoms with Crippen LogP contribution in [0.25, 0.3) is 5.70 Å². The summed E-state index contributed by atoms with van der Waals surface area (Å²) in [7, 11) is 0. The third-order valence-electron chi connectivity index (χ3n) is 3.71. The number of halogens is 2. The van der Waals surface area contributed by atoms with Gasteiger partial charge in [0.15, 0.2) is 0 Å². The lowest BCUT2D eigenvalue weighted by atomic mass is 10.1. The Labute approximate surface area is 142 Å². The van der Waals surface area contributed by atoms with Crippen LogP contribution in [-0.2, 0) is 0 Å². The molecule has 0 radical (unpaired) electrons. The highest BCUT2D eigenvalue weighted by molar-refractivity contribution is 5.98. The zero-order valence-electron chi connectivity index (χ0n) is 14.1. The zero-order chi connectivity index (χ0) is 17.5. The van der Waals surface area contributed by atoms with E-state index in [9.17, 15) is 8.78 Å². The molecule has 0 amide bonds. The second-order valence-corrected chi connectivity index (χ2v) is 5.63. The summed E-state index contributed by atoms with van der Waals surface area (Å²) in [5.74, 6) is -0.610. The lowest BCUT2D eigenvalue weighted by Crippen LogP contribution is -2.19. The topological polar surface area (TPSA) is 15.6 Å². The van der Waals surface area contributed by atoms with Crippen molar-refractivity contribution < 1.29 is 8.78 Å². The minimum atomic E-state index is -0.310. The summed E-state index contributed by atoms with van der Waals surface area (Å²) in [4.78, 5) is 0.